The smallest absolute Gasteiger partial charge is 0.0640 e. The van der Waals surface area contributed by atoms with Gasteiger partial charge in [-0.15, -0.1) is 0 Å². The van der Waals surface area contributed by atoms with Gasteiger partial charge in [-0.1, -0.05) is 38.5 Å². The van der Waals surface area contributed by atoms with Gasteiger partial charge in [-0.05, 0) is 37.7 Å². The molecule has 1 unspecified atom stereocenters. The largest absolute Gasteiger partial charge is 0.327 e. The zero-order valence-corrected chi connectivity index (χ0v) is 12.6. The standard InChI is InChI=1S/C17H29N3/c18-17(14-7-3-1-4-8-14)13-15-11-12-20(19-15)16-9-5-2-6-10-16/h11-12,14,16-17H,1-10,13,18H2. The molecule has 2 aliphatic rings. The van der Waals surface area contributed by atoms with Crippen molar-refractivity contribution in [3.05, 3.63) is 18.0 Å². The van der Waals surface area contributed by atoms with E-state index >= 15 is 0 Å². The van der Waals surface area contributed by atoms with Crippen molar-refractivity contribution in [3.63, 3.8) is 0 Å². The minimum atomic E-state index is 0.310. The first-order chi connectivity index (χ1) is 9.83. The van der Waals surface area contributed by atoms with E-state index in [2.05, 4.69) is 16.9 Å². The number of rotatable bonds is 4. The lowest BCUT2D eigenvalue weighted by molar-refractivity contribution is 0.299. The summed E-state index contributed by atoms with van der Waals surface area (Å²) in [6.07, 6.45) is 16.7. The Bertz CT molecular complexity index is 400. The van der Waals surface area contributed by atoms with Gasteiger partial charge in [-0.2, -0.15) is 5.10 Å². The number of aromatic nitrogens is 2. The van der Waals surface area contributed by atoms with Crippen molar-refractivity contribution in [1.29, 1.82) is 0 Å². The molecule has 0 spiro atoms. The molecule has 2 N–H and O–H groups in total. The van der Waals surface area contributed by atoms with E-state index in [1.807, 2.05) is 0 Å². The van der Waals surface area contributed by atoms with Crippen molar-refractivity contribution in [2.45, 2.75) is 82.7 Å². The van der Waals surface area contributed by atoms with E-state index in [9.17, 15) is 0 Å². The Labute approximate surface area is 122 Å². The van der Waals surface area contributed by atoms with Crippen LogP contribution in [0.2, 0.25) is 0 Å². The summed E-state index contributed by atoms with van der Waals surface area (Å²) in [4.78, 5) is 0. The normalized spacial score (nSPS) is 23.9. The van der Waals surface area contributed by atoms with Crippen LogP contribution in [0.1, 0.15) is 75.9 Å². The van der Waals surface area contributed by atoms with Gasteiger partial charge in [-0.3, -0.25) is 4.68 Å². The van der Waals surface area contributed by atoms with E-state index < -0.39 is 0 Å². The summed E-state index contributed by atoms with van der Waals surface area (Å²) < 4.78 is 2.21. The lowest BCUT2D eigenvalue weighted by Gasteiger charge is -2.27. The molecule has 3 rings (SSSR count). The topological polar surface area (TPSA) is 43.8 Å². The van der Waals surface area contributed by atoms with Gasteiger partial charge in [0.25, 0.3) is 0 Å². The summed E-state index contributed by atoms with van der Waals surface area (Å²) in [5.41, 5.74) is 7.62. The molecule has 1 atom stereocenters. The molecule has 0 bridgehead atoms. The first kappa shape index (κ1) is 14.1. The summed E-state index contributed by atoms with van der Waals surface area (Å²) in [5.74, 6) is 0.726. The van der Waals surface area contributed by atoms with Crippen LogP contribution in [0.15, 0.2) is 12.3 Å². The minimum Gasteiger partial charge on any atom is -0.327 e. The zero-order chi connectivity index (χ0) is 13.8. The molecule has 3 heteroatoms. The maximum Gasteiger partial charge on any atom is 0.0640 e. The lowest BCUT2D eigenvalue weighted by atomic mass is 9.83. The molecule has 112 valence electrons. The van der Waals surface area contributed by atoms with Crippen LogP contribution < -0.4 is 5.73 Å². The zero-order valence-electron chi connectivity index (χ0n) is 12.6. The average molecular weight is 275 g/mol. The van der Waals surface area contributed by atoms with E-state index in [4.69, 9.17) is 10.8 Å². The average Bonchev–Trinajstić information content (AvgIpc) is 2.97. The number of hydrogen-bond acceptors (Lipinski definition) is 2. The molecule has 1 aromatic rings. The summed E-state index contributed by atoms with van der Waals surface area (Å²) >= 11 is 0. The van der Waals surface area contributed by atoms with Crippen molar-refractivity contribution >= 4 is 0 Å². The second kappa shape index (κ2) is 6.75. The van der Waals surface area contributed by atoms with Gasteiger partial charge in [0.15, 0.2) is 0 Å². The van der Waals surface area contributed by atoms with Crippen molar-refractivity contribution in [1.82, 2.24) is 9.78 Å². The monoisotopic (exact) mass is 275 g/mol. The van der Waals surface area contributed by atoms with Crippen LogP contribution >= 0.6 is 0 Å². The Morgan fingerprint density at radius 3 is 2.40 bits per heavy atom. The van der Waals surface area contributed by atoms with Crippen molar-refractivity contribution in [3.8, 4) is 0 Å². The molecule has 0 saturated heterocycles. The fraction of sp³-hybridized carbons (Fsp3) is 0.824. The van der Waals surface area contributed by atoms with Crippen LogP contribution in [0, 0.1) is 5.92 Å². The second-order valence-electron chi connectivity index (χ2n) is 6.84. The molecule has 20 heavy (non-hydrogen) atoms. The molecule has 0 radical (unpaired) electrons. The molecular weight excluding hydrogens is 246 g/mol. The molecule has 2 saturated carbocycles. The third kappa shape index (κ3) is 3.43. The summed E-state index contributed by atoms with van der Waals surface area (Å²) in [6.45, 7) is 0. The van der Waals surface area contributed by atoms with Crippen LogP contribution in [0.25, 0.3) is 0 Å². The molecule has 3 nitrogen and oxygen atoms in total. The number of nitrogens with two attached hydrogens (primary N) is 1. The molecule has 2 aliphatic carbocycles. The molecule has 0 amide bonds. The third-order valence-corrected chi connectivity index (χ3v) is 5.31. The predicted octanol–water partition coefficient (Wildman–Crippen LogP) is 3.84. The van der Waals surface area contributed by atoms with E-state index in [1.54, 1.807) is 0 Å². The highest BCUT2D eigenvalue weighted by Gasteiger charge is 2.22. The summed E-state index contributed by atoms with van der Waals surface area (Å²) in [7, 11) is 0. The van der Waals surface area contributed by atoms with E-state index in [0.29, 0.717) is 12.1 Å². The van der Waals surface area contributed by atoms with Crippen molar-refractivity contribution in [2.24, 2.45) is 11.7 Å². The van der Waals surface area contributed by atoms with Crippen LogP contribution in [0.3, 0.4) is 0 Å². The predicted molar refractivity (Wildman–Crippen MR) is 82.6 cm³/mol. The Hall–Kier alpha value is -0.830. The van der Waals surface area contributed by atoms with Crippen molar-refractivity contribution in [2.75, 3.05) is 0 Å². The highest BCUT2D eigenvalue weighted by molar-refractivity contribution is 5.03. The van der Waals surface area contributed by atoms with E-state index in [0.717, 1.165) is 12.3 Å². The van der Waals surface area contributed by atoms with Crippen LogP contribution in [-0.2, 0) is 6.42 Å². The highest BCUT2D eigenvalue weighted by Crippen LogP contribution is 2.29. The third-order valence-electron chi connectivity index (χ3n) is 5.31. The van der Waals surface area contributed by atoms with Crippen molar-refractivity contribution < 1.29 is 0 Å². The fourth-order valence-electron chi connectivity index (χ4n) is 4.01. The van der Waals surface area contributed by atoms with E-state index in [1.165, 1.54) is 69.9 Å². The lowest BCUT2D eigenvalue weighted by Crippen LogP contribution is -2.33. The van der Waals surface area contributed by atoms with E-state index in [-0.39, 0.29) is 0 Å². The van der Waals surface area contributed by atoms with Gasteiger partial charge < -0.3 is 5.73 Å². The van der Waals surface area contributed by atoms with Crippen LogP contribution in [-0.4, -0.2) is 15.8 Å². The SMILES string of the molecule is NC(Cc1ccn(C2CCCCC2)n1)C1CCCCC1. The Balaban J connectivity index is 1.56. The Morgan fingerprint density at radius 1 is 1.05 bits per heavy atom. The minimum absolute atomic E-state index is 0.310. The Kier molecular flexibility index (Phi) is 4.77. The van der Waals surface area contributed by atoms with Gasteiger partial charge >= 0.3 is 0 Å². The van der Waals surface area contributed by atoms with Gasteiger partial charge in [0.1, 0.15) is 0 Å². The summed E-state index contributed by atoms with van der Waals surface area (Å²) in [5, 5.41) is 4.81. The molecule has 2 fully saturated rings. The van der Waals surface area contributed by atoms with Crippen LogP contribution in [0.4, 0.5) is 0 Å². The molecular formula is C17H29N3. The first-order valence-electron chi connectivity index (χ1n) is 8.62. The molecule has 0 aliphatic heterocycles. The number of nitrogens with zero attached hydrogens (tertiary/aromatic N) is 2. The second-order valence-corrected chi connectivity index (χ2v) is 6.84. The van der Waals surface area contributed by atoms with Gasteiger partial charge in [0.05, 0.1) is 11.7 Å². The fourth-order valence-corrected chi connectivity index (χ4v) is 4.01. The number of hydrogen-bond donors (Lipinski definition) is 1. The van der Waals surface area contributed by atoms with Crippen LogP contribution in [0.5, 0.6) is 0 Å². The molecule has 1 aromatic heterocycles. The molecule has 0 aromatic carbocycles. The Morgan fingerprint density at radius 2 is 1.70 bits per heavy atom. The highest BCUT2D eigenvalue weighted by atomic mass is 15.3. The van der Waals surface area contributed by atoms with Gasteiger partial charge in [0, 0.05) is 18.7 Å². The maximum absolute atomic E-state index is 6.42. The quantitative estimate of drug-likeness (QED) is 0.907. The summed E-state index contributed by atoms with van der Waals surface area (Å²) in [6, 6.07) is 3.14. The first-order valence-corrected chi connectivity index (χ1v) is 8.62. The van der Waals surface area contributed by atoms with Gasteiger partial charge in [-0.25, -0.2) is 0 Å². The maximum atomic E-state index is 6.42. The molecule has 1 heterocycles. The van der Waals surface area contributed by atoms with Gasteiger partial charge in [0.2, 0.25) is 0 Å².